The van der Waals surface area contributed by atoms with Crippen molar-refractivity contribution in [2.75, 3.05) is 5.32 Å². The number of hydrogen-bond acceptors (Lipinski definition) is 4. The minimum atomic E-state index is -0.380. The quantitative estimate of drug-likeness (QED) is 0.711. The number of anilines is 1. The van der Waals surface area contributed by atoms with Gasteiger partial charge in [-0.3, -0.25) is 15.1 Å². The molecule has 22 heavy (non-hydrogen) atoms. The summed E-state index contributed by atoms with van der Waals surface area (Å²) in [6.07, 6.45) is 3.27. The van der Waals surface area contributed by atoms with Gasteiger partial charge in [0.2, 0.25) is 0 Å². The molecule has 0 aliphatic heterocycles. The van der Waals surface area contributed by atoms with Gasteiger partial charge in [0.05, 0.1) is 11.9 Å². The van der Waals surface area contributed by atoms with E-state index >= 15 is 0 Å². The van der Waals surface area contributed by atoms with Gasteiger partial charge in [-0.05, 0) is 37.3 Å². The van der Waals surface area contributed by atoms with E-state index in [0.29, 0.717) is 11.3 Å². The van der Waals surface area contributed by atoms with Crippen molar-refractivity contribution in [1.29, 1.82) is 0 Å². The van der Waals surface area contributed by atoms with E-state index in [-0.39, 0.29) is 16.8 Å². The minimum absolute atomic E-state index is 0.192. The number of carbonyl (C=O) groups excluding carboxylic acids is 1. The molecule has 2 N–H and O–H groups in total. The highest BCUT2D eigenvalue weighted by Gasteiger charge is 2.18. The minimum Gasteiger partial charge on any atom is -0.451 e. The molecule has 0 bridgehead atoms. The number of para-hydroxylation sites is 1. The van der Waals surface area contributed by atoms with Gasteiger partial charge in [0, 0.05) is 17.1 Å². The van der Waals surface area contributed by atoms with Crippen LogP contribution in [-0.4, -0.2) is 16.0 Å². The molecule has 0 saturated heterocycles. The van der Waals surface area contributed by atoms with Crippen molar-refractivity contribution in [2.45, 2.75) is 6.92 Å². The standard InChI is InChI=1S/C16H13N3O2S/c1-10-12-6-2-3-7-13(12)21-14(10)15(20)19-16(22)18-11-5-4-8-17-9-11/h2-9H,1H3,(H2,18,19,20,22). The Bertz CT molecular complexity index is 843. The van der Waals surface area contributed by atoms with Gasteiger partial charge in [0.25, 0.3) is 5.91 Å². The zero-order valence-electron chi connectivity index (χ0n) is 11.8. The Hall–Kier alpha value is -2.73. The highest BCUT2D eigenvalue weighted by molar-refractivity contribution is 7.80. The number of rotatable bonds is 2. The Morgan fingerprint density at radius 1 is 1.23 bits per heavy atom. The number of nitrogens with one attached hydrogen (secondary N) is 2. The zero-order valence-corrected chi connectivity index (χ0v) is 12.6. The second-order valence-corrected chi connectivity index (χ2v) is 5.11. The summed E-state index contributed by atoms with van der Waals surface area (Å²) < 4.78 is 5.60. The molecule has 110 valence electrons. The molecule has 0 aliphatic carbocycles. The number of hydrogen-bond donors (Lipinski definition) is 2. The third-order valence-corrected chi connectivity index (χ3v) is 3.40. The maximum Gasteiger partial charge on any atom is 0.293 e. The summed E-state index contributed by atoms with van der Waals surface area (Å²) in [6, 6.07) is 11.1. The van der Waals surface area contributed by atoms with Gasteiger partial charge < -0.3 is 9.73 Å². The third-order valence-electron chi connectivity index (χ3n) is 3.20. The normalized spacial score (nSPS) is 10.4. The Balaban J connectivity index is 1.76. The molecule has 2 heterocycles. The van der Waals surface area contributed by atoms with Crippen molar-refractivity contribution >= 4 is 39.9 Å². The molecule has 5 nitrogen and oxygen atoms in total. The molecular weight excluding hydrogens is 298 g/mol. The first-order valence-electron chi connectivity index (χ1n) is 6.65. The van der Waals surface area contributed by atoms with Crippen LogP contribution in [0.3, 0.4) is 0 Å². The first-order chi connectivity index (χ1) is 10.6. The lowest BCUT2D eigenvalue weighted by Gasteiger charge is -2.08. The molecule has 0 spiro atoms. The van der Waals surface area contributed by atoms with E-state index in [2.05, 4.69) is 15.6 Å². The lowest BCUT2D eigenvalue weighted by Crippen LogP contribution is -2.34. The molecule has 2 aromatic heterocycles. The smallest absolute Gasteiger partial charge is 0.293 e. The van der Waals surface area contributed by atoms with Crippen molar-refractivity contribution < 1.29 is 9.21 Å². The largest absolute Gasteiger partial charge is 0.451 e. The number of carbonyl (C=O) groups is 1. The van der Waals surface area contributed by atoms with Gasteiger partial charge in [-0.15, -0.1) is 0 Å². The van der Waals surface area contributed by atoms with Crippen molar-refractivity contribution in [3.63, 3.8) is 0 Å². The number of nitrogens with zero attached hydrogens (tertiary/aromatic N) is 1. The maximum absolute atomic E-state index is 12.3. The van der Waals surface area contributed by atoms with Crippen molar-refractivity contribution in [3.8, 4) is 0 Å². The number of fused-ring (bicyclic) bond motifs is 1. The molecular formula is C16H13N3O2S. The first kappa shape index (κ1) is 14.2. The van der Waals surface area contributed by atoms with E-state index in [9.17, 15) is 4.79 Å². The predicted molar refractivity (Wildman–Crippen MR) is 88.9 cm³/mol. The molecule has 3 aromatic rings. The van der Waals surface area contributed by atoms with Gasteiger partial charge in [-0.1, -0.05) is 18.2 Å². The fourth-order valence-electron chi connectivity index (χ4n) is 2.15. The van der Waals surface area contributed by atoms with Crippen molar-refractivity contribution in [1.82, 2.24) is 10.3 Å². The van der Waals surface area contributed by atoms with Gasteiger partial charge in [-0.2, -0.15) is 0 Å². The van der Waals surface area contributed by atoms with E-state index < -0.39 is 0 Å². The second-order valence-electron chi connectivity index (χ2n) is 4.70. The average molecular weight is 311 g/mol. The Kier molecular flexibility index (Phi) is 3.84. The molecule has 0 aliphatic rings. The molecule has 0 fully saturated rings. The average Bonchev–Trinajstić information content (AvgIpc) is 2.86. The lowest BCUT2D eigenvalue weighted by molar-refractivity contribution is 0.0952. The third kappa shape index (κ3) is 2.82. The summed E-state index contributed by atoms with van der Waals surface area (Å²) >= 11 is 5.12. The SMILES string of the molecule is Cc1c(C(=O)NC(=S)Nc2cccnc2)oc2ccccc12. The molecule has 0 saturated carbocycles. The predicted octanol–water partition coefficient (Wildman–Crippen LogP) is 3.26. The summed E-state index contributed by atoms with van der Waals surface area (Å²) in [5.74, 6) is -0.119. The van der Waals surface area contributed by atoms with E-state index in [4.69, 9.17) is 16.6 Å². The molecule has 6 heteroatoms. The number of benzene rings is 1. The lowest BCUT2D eigenvalue weighted by atomic mass is 10.1. The van der Waals surface area contributed by atoms with Gasteiger partial charge >= 0.3 is 0 Å². The zero-order chi connectivity index (χ0) is 15.5. The monoisotopic (exact) mass is 311 g/mol. The van der Waals surface area contributed by atoms with Gasteiger partial charge in [0.15, 0.2) is 10.9 Å². The van der Waals surface area contributed by atoms with Crippen LogP contribution in [0.1, 0.15) is 16.1 Å². The number of furan rings is 1. The first-order valence-corrected chi connectivity index (χ1v) is 7.06. The van der Waals surface area contributed by atoms with Crippen molar-refractivity contribution in [3.05, 3.63) is 60.1 Å². The van der Waals surface area contributed by atoms with E-state index in [1.165, 1.54) is 0 Å². The molecule has 3 rings (SSSR count). The summed E-state index contributed by atoms with van der Waals surface area (Å²) in [6.45, 7) is 1.85. The number of aromatic nitrogens is 1. The summed E-state index contributed by atoms with van der Waals surface area (Å²) in [4.78, 5) is 16.3. The topological polar surface area (TPSA) is 67.2 Å². The van der Waals surface area contributed by atoms with Crippen LogP contribution >= 0.6 is 12.2 Å². The van der Waals surface area contributed by atoms with Crippen LogP contribution in [-0.2, 0) is 0 Å². The van der Waals surface area contributed by atoms with E-state index in [1.807, 2.05) is 31.2 Å². The summed E-state index contributed by atoms with van der Waals surface area (Å²) in [7, 11) is 0. The van der Waals surface area contributed by atoms with E-state index in [1.54, 1.807) is 24.5 Å². The molecule has 1 aromatic carbocycles. The van der Waals surface area contributed by atoms with E-state index in [0.717, 1.165) is 10.9 Å². The van der Waals surface area contributed by atoms with Crippen LogP contribution in [0.15, 0.2) is 53.2 Å². The Morgan fingerprint density at radius 2 is 2.05 bits per heavy atom. The van der Waals surface area contributed by atoms with Crippen LogP contribution < -0.4 is 10.6 Å². The Labute approximate surface area is 132 Å². The number of thiocarbonyl (C=S) groups is 1. The summed E-state index contributed by atoms with van der Waals surface area (Å²) in [5, 5.41) is 6.61. The van der Waals surface area contributed by atoms with Gasteiger partial charge in [-0.25, -0.2) is 0 Å². The van der Waals surface area contributed by atoms with Crippen LogP contribution in [0.2, 0.25) is 0 Å². The Morgan fingerprint density at radius 3 is 2.77 bits per heavy atom. The highest BCUT2D eigenvalue weighted by atomic mass is 32.1. The van der Waals surface area contributed by atoms with Crippen molar-refractivity contribution in [2.24, 2.45) is 0 Å². The van der Waals surface area contributed by atoms with Crippen LogP contribution in [0.4, 0.5) is 5.69 Å². The molecule has 0 unspecified atom stereocenters. The highest BCUT2D eigenvalue weighted by Crippen LogP contribution is 2.24. The van der Waals surface area contributed by atoms with Gasteiger partial charge in [0.1, 0.15) is 5.58 Å². The molecule has 1 amide bonds. The maximum atomic E-state index is 12.3. The number of aryl methyl sites for hydroxylation is 1. The number of amides is 1. The van der Waals surface area contributed by atoms with Crippen LogP contribution in [0.25, 0.3) is 11.0 Å². The number of pyridine rings is 1. The molecule has 0 atom stereocenters. The second kappa shape index (κ2) is 5.95. The fourth-order valence-corrected chi connectivity index (χ4v) is 2.36. The fraction of sp³-hybridized carbons (Fsp3) is 0.0625. The molecule has 0 radical (unpaired) electrons. The van der Waals surface area contributed by atoms with Crippen LogP contribution in [0.5, 0.6) is 0 Å². The van der Waals surface area contributed by atoms with Crippen LogP contribution in [0, 0.1) is 6.92 Å². The summed E-state index contributed by atoms with van der Waals surface area (Å²) in [5.41, 5.74) is 2.17.